The summed E-state index contributed by atoms with van der Waals surface area (Å²) in [5.74, 6) is -1.72. The summed E-state index contributed by atoms with van der Waals surface area (Å²) in [5, 5.41) is 0. The number of hydrogen-bond donors (Lipinski definition) is 0. The molecule has 2 aliphatic heterocycles. The highest BCUT2D eigenvalue weighted by atomic mass is 16.2. The largest absolute Gasteiger partial charge is 0.289 e. The first kappa shape index (κ1) is 24.4. The molecule has 0 aromatic heterocycles. The predicted octanol–water partition coefficient (Wildman–Crippen LogP) is 4.47. The molecule has 4 aromatic rings. The van der Waals surface area contributed by atoms with E-state index in [0.29, 0.717) is 22.5 Å². The first-order chi connectivity index (χ1) is 19.9. The van der Waals surface area contributed by atoms with Crippen LogP contribution in [0, 0.1) is 0 Å². The fourth-order valence-electron chi connectivity index (χ4n) is 6.13. The Bertz CT molecular complexity index is 1710. The van der Waals surface area contributed by atoms with E-state index < -0.39 is 29.0 Å². The Labute approximate surface area is 234 Å². The van der Waals surface area contributed by atoms with Crippen LogP contribution in [0.25, 0.3) is 0 Å². The van der Waals surface area contributed by atoms with E-state index in [1.54, 1.807) is 24.3 Å². The summed E-state index contributed by atoms with van der Waals surface area (Å²) >= 11 is 0. The molecule has 0 fully saturated rings. The van der Waals surface area contributed by atoms with Gasteiger partial charge in [0, 0.05) is 35.4 Å². The van der Waals surface area contributed by atoms with Gasteiger partial charge in [-0.05, 0) is 46.5 Å². The van der Waals surface area contributed by atoms with Gasteiger partial charge in [-0.25, -0.2) is 9.80 Å². The van der Waals surface area contributed by atoms with E-state index in [4.69, 9.17) is 0 Å². The summed E-state index contributed by atoms with van der Waals surface area (Å²) in [6.45, 7) is 0. The van der Waals surface area contributed by atoms with E-state index in [1.165, 1.54) is 24.3 Å². The standard InChI is InChI=1S/C34H20N2O5/c37-29-17-18-30(38)35(29)23-13-9-21(10-14-23)34(22-11-15-24(16-12-22)36-31(39)19-20-32(36)40)27-7-3-1-5-25(27)33(41)26-6-2-4-8-28(26)34/h1-20H. The number of nitrogens with zero attached hydrogens (tertiary/aromatic N) is 2. The van der Waals surface area contributed by atoms with Crippen molar-refractivity contribution >= 4 is 40.8 Å². The molecule has 7 nitrogen and oxygen atoms in total. The topological polar surface area (TPSA) is 91.8 Å². The maximum Gasteiger partial charge on any atom is 0.258 e. The third-order valence-electron chi connectivity index (χ3n) is 7.89. The summed E-state index contributed by atoms with van der Waals surface area (Å²) in [5.41, 5.74) is 4.19. The molecule has 0 spiro atoms. The van der Waals surface area contributed by atoms with Crippen molar-refractivity contribution in [2.24, 2.45) is 0 Å². The molecule has 0 unspecified atom stereocenters. The number of ketones is 1. The quantitative estimate of drug-likeness (QED) is 0.316. The van der Waals surface area contributed by atoms with E-state index in [0.717, 1.165) is 32.1 Å². The van der Waals surface area contributed by atoms with Gasteiger partial charge in [0.1, 0.15) is 0 Å². The highest BCUT2D eigenvalue weighted by molar-refractivity contribution is 6.28. The number of imide groups is 2. The van der Waals surface area contributed by atoms with E-state index >= 15 is 0 Å². The van der Waals surface area contributed by atoms with Crippen LogP contribution in [0.5, 0.6) is 0 Å². The number of hydrogen-bond acceptors (Lipinski definition) is 5. The maximum atomic E-state index is 13.7. The van der Waals surface area contributed by atoms with Gasteiger partial charge in [-0.2, -0.15) is 0 Å². The fraction of sp³-hybridized carbons (Fsp3) is 0.0294. The van der Waals surface area contributed by atoms with Crippen molar-refractivity contribution in [2.75, 3.05) is 9.80 Å². The summed E-state index contributed by atoms with van der Waals surface area (Å²) in [4.78, 5) is 65.2. The second-order valence-electron chi connectivity index (χ2n) is 9.95. The third-order valence-corrected chi connectivity index (χ3v) is 7.89. The molecule has 4 amide bonds. The molecule has 7 heteroatoms. The number of rotatable bonds is 4. The molecule has 0 bridgehead atoms. The van der Waals surface area contributed by atoms with Crippen molar-refractivity contribution < 1.29 is 24.0 Å². The van der Waals surface area contributed by atoms with Gasteiger partial charge in [-0.3, -0.25) is 24.0 Å². The minimum absolute atomic E-state index is 0.0845. The summed E-state index contributed by atoms with van der Waals surface area (Å²) in [6, 6.07) is 29.3. The van der Waals surface area contributed by atoms with Crippen LogP contribution >= 0.6 is 0 Å². The lowest BCUT2D eigenvalue weighted by Crippen LogP contribution is -2.38. The Balaban J connectivity index is 1.47. The molecule has 0 saturated heterocycles. The van der Waals surface area contributed by atoms with Crippen LogP contribution in [-0.4, -0.2) is 29.4 Å². The van der Waals surface area contributed by atoms with Gasteiger partial charge in [0.15, 0.2) is 5.78 Å². The lowest BCUT2D eigenvalue weighted by Gasteiger charge is -2.41. The Morgan fingerprint density at radius 1 is 0.415 bits per heavy atom. The Morgan fingerprint density at radius 3 is 1.12 bits per heavy atom. The molecule has 2 heterocycles. The summed E-state index contributed by atoms with van der Waals surface area (Å²) in [7, 11) is 0. The van der Waals surface area contributed by atoms with Gasteiger partial charge in [-0.15, -0.1) is 0 Å². The normalized spacial score (nSPS) is 16.9. The number of anilines is 2. The van der Waals surface area contributed by atoms with Crippen LogP contribution in [0.4, 0.5) is 11.4 Å². The van der Waals surface area contributed by atoms with Gasteiger partial charge in [-0.1, -0.05) is 72.8 Å². The maximum absolute atomic E-state index is 13.7. The van der Waals surface area contributed by atoms with Crippen LogP contribution in [0.2, 0.25) is 0 Å². The van der Waals surface area contributed by atoms with Crippen LogP contribution in [0.15, 0.2) is 121 Å². The average Bonchev–Trinajstić information content (AvgIpc) is 3.53. The van der Waals surface area contributed by atoms with Crippen LogP contribution < -0.4 is 9.80 Å². The molecule has 0 saturated carbocycles. The number of amides is 4. The molecular weight excluding hydrogens is 516 g/mol. The Kier molecular flexibility index (Phi) is 5.30. The zero-order chi connectivity index (χ0) is 28.3. The zero-order valence-electron chi connectivity index (χ0n) is 21.5. The number of fused-ring (bicyclic) bond motifs is 2. The summed E-state index contributed by atoms with van der Waals surface area (Å²) < 4.78 is 0. The predicted molar refractivity (Wildman–Crippen MR) is 151 cm³/mol. The van der Waals surface area contributed by atoms with E-state index in [9.17, 15) is 24.0 Å². The number of carbonyl (C=O) groups is 5. The molecule has 7 rings (SSSR count). The minimum atomic E-state index is -0.966. The summed E-state index contributed by atoms with van der Waals surface area (Å²) in [6.07, 6.45) is 4.96. The highest BCUT2D eigenvalue weighted by Crippen LogP contribution is 2.51. The lowest BCUT2D eigenvalue weighted by atomic mass is 9.59. The third kappa shape index (κ3) is 3.42. The minimum Gasteiger partial charge on any atom is -0.289 e. The molecule has 1 aliphatic carbocycles. The van der Waals surface area contributed by atoms with Crippen LogP contribution in [0.3, 0.4) is 0 Å². The number of benzene rings is 4. The van der Waals surface area contributed by atoms with Crippen molar-refractivity contribution in [1.82, 2.24) is 0 Å². The highest BCUT2D eigenvalue weighted by Gasteiger charge is 2.46. The molecule has 3 aliphatic rings. The second-order valence-corrected chi connectivity index (χ2v) is 9.95. The first-order valence-electron chi connectivity index (χ1n) is 13.0. The van der Waals surface area contributed by atoms with Gasteiger partial charge in [0.2, 0.25) is 0 Å². The van der Waals surface area contributed by atoms with Crippen molar-refractivity contribution in [1.29, 1.82) is 0 Å². The Morgan fingerprint density at radius 2 is 0.756 bits per heavy atom. The zero-order valence-corrected chi connectivity index (χ0v) is 21.5. The molecule has 0 atom stereocenters. The van der Waals surface area contributed by atoms with Gasteiger partial charge < -0.3 is 0 Å². The molecule has 196 valence electrons. The van der Waals surface area contributed by atoms with Crippen LogP contribution in [-0.2, 0) is 24.6 Å². The van der Waals surface area contributed by atoms with Gasteiger partial charge in [0.05, 0.1) is 16.8 Å². The molecular formula is C34H20N2O5. The van der Waals surface area contributed by atoms with E-state index in [2.05, 4.69) is 0 Å². The molecule has 41 heavy (non-hydrogen) atoms. The van der Waals surface area contributed by atoms with E-state index in [-0.39, 0.29) is 5.78 Å². The average molecular weight is 537 g/mol. The smallest absolute Gasteiger partial charge is 0.258 e. The van der Waals surface area contributed by atoms with Crippen molar-refractivity contribution in [2.45, 2.75) is 5.41 Å². The molecule has 4 aromatic carbocycles. The van der Waals surface area contributed by atoms with Crippen molar-refractivity contribution in [3.63, 3.8) is 0 Å². The fourth-order valence-corrected chi connectivity index (χ4v) is 6.13. The molecule has 0 radical (unpaired) electrons. The van der Waals surface area contributed by atoms with Crippen molar-refractivity contribution in [3.8, 4) is 0 Å². The number of carbonyl (C=O) groups excluding carboxylic acids is 5. The van der Waals surface area contributed by atoms with Gasteiger partial charge >= 0.3 is 0 Å². The van der Waals surface area contributed by atoms with E-state index in [1.807, 2.05) is 72.8 Å². The molecule has 0 N–H and O–H groups in total. The Hall–Kier alpha value is -5.69. The van der Waals surface area contributed by atoms with Gasteiger partial charge in [0.25, 0.3) is 23.6 Å². The monoisotopic (exact) mass is 536 g/mol. The SMILES string of the molecule is O=C1c2ccccc2C(c2ccc(N3C(=O)C=CC3=O)cc2)(c2ccc(N3C(=O)C=CC3=O)cc2)c2ccccc21. The second kappa shape index (κ2) is 8.93. The first-order valence-corrected chi connectivity index (χ1v) is 13.0. The van der Waals surface area contributed by atoms with Crippen molar-refractivity contribution in [3.05, 3.63) is 155 Å². The van der Waals surface area contributed by atoms with Crippen LogP contribution in [0.1, 0.15) is 38.2 Å². The lowest BCUT2D eigenvalue weighted by molar-refractivity contribution is -0.121.